The average Bonchev–Trinajstić information content (AvgIpc) is 2.68. The minimum absolute atomic E-state index is 0.0894. The zero-order valence-corrected chi connectivity index (χ0v) is 15.6. The largest absolute Gasteiger partial charge is 0.339 e. The first-order valence-corrected chi connectivity index (χ1v) is 9.45. The summed E-state index contributed by atoms with van der Waals surface area (Å²) in [6.07, 6.45) is 3.30. The quantitative estimate of drug-likeness (QED) is 0.737. The summed E-state index contributed by atoms with van der Waals surface area (Å²) in [5.74, 6) is 0.212. The molecule has 2 atom stereocenters. The Morgan fingerprint density at radius 3 is 2.38 bits per heavy atom. The molecule has 3 heteroatoms. The Morgan fingerprint density at radius 2 is 1.73 bits per heavy atom. The number of carbonyl (C=O) groups excluding carboxylic acids is 1. The second kappa shape index (κ2) is 8.81. The van der Waals surface area contributed by atoms with Gasteiger partial charge >= 0.3 is 0 Å². The topological polar surface area (TPSA) is 23.6 Å². The second-order valence-electron chi connectivity index (χ2n) is 6.94. The molecule has 1 heterocycles. The Morgan fingerprint density at radius 1 is 1.08 bits per heavy atom. The van der Waals surface area contributed by atoms with Crippen molar-refractivity contribution in [2.75, 3.05) is 19.6 Å². The van der Waals surface area contributed by atoms with Crippen LogP contribution in [0.15, 0.2) is 73.3 Å². The van der Waals surface area contributed by atoms with E-state index in [1.165, 1.54) is 11.1 Å². The van der Waals surface area contributed by atoms with Gasteiger partial charge in [-0.1, -0.05) is 66.7 Å². The van der Waals surface area contributed by atoms with Crippen molar-refractivity contribution in [2.45, 2.75) is 31.8 Å². The standard InChI is InChI=1S/C23H28N2O/c1-3-15-24-16-10-17-25(19(2)20-11-6-4-7-12-20)22(18-23(24)26)21-13-8-5-9-14-21/h3-9,11-14,19,22H,1,10,15-18H2,2H3/t19-,22+/m1/s1. The van der Waals surface area contributed by atoms with Gasteiger partial charge in [-0.05, 0) is 24.5 Å². The Kier molecular flexibility index (Phi) is 6.24. The average molecular weight is 348 g/mol. The van der Waals surface area contributed by atoms with Crippen LogP contribution >= 0.6 is 0 Å². The van der Waals surface area contributed by atoms with Gasteiger partial charge in [0.1, 0.15) is 0 Å². The molecule has 0 aliphatic carbocycles. The third-order valence-electron chi connectivity index (χ3n) is 5.28. The Hall–Kier alpha value is -2.39. The van der Waals surface area contributed by atoms with Crippen LogP contribution in [0.2, 0.25) is 0 Å². The highest BCUT2D eigenvalue weighted by Crippen LogP contribution is 2.34. The Labute approximate surface area is 156 Å². The fourth-order valence-electron chi connectivity index (χ4n) is 3.86. The number of benzene rings is 2. The van der Waals surface area contributed by atoms with E-state index in [2.05, 4.69) is 73.0 Å². The molecule has 1 fully saturated rings. The second-order valence-corrected chi connectivity index (χ2v) is 6.94. The molecule has 3 rings (SSSR count). The maximum Gasteiger partial charge on any atom is 0.224 e. The highest BCUT2D eigenvalue weighted by atomic mass is 16.2. The summed E-state index contributed by atoms with van der Waals surface area (Å²) in [6, 6.07) is 21.4. The van der Waals surface area contributed by atoms with Gasteiger partial charge < -0.3 is 4.90 Å². The van der Waals surface area contributed by atoms with Crippen molar-refractivity contribution in [1.29, 1.82) is 0 Å². The zero-order chi connectivity index (χ0) is 18.4. The number of amides is 1. The molecule has 2 aromatic rings. The van der Waals surface area contributed by atoms with E-state index in [4.69, 9.17) is 0 Å². The predicted octanol–water partition coefficient (Wildman–Crippen LogP) is 4.60. The van der Waals surface area contributed by atoms with Crippen LogP contribution in [0, 0.1) is 0 Å². The van der Waals surface area contributed by atoms with Crippen LogP contribution in [0.5, 0.6) is 0 Å². The molecule has 1 aliphatic heterocycles. The van der Waals surface area contributed by atoms with Gasteiger partial charge in [-0.2, -0.15) is 0 Å². The number of nitrogens with zero attached hydrogens (tertiary/aromatic N) is 2. The van der Waals surface area contributed by atoms with E-state index >= 15 is 0 Å². The molecule has 0 aromatic heterocycles. The smallest absolute Gasteiger partial charge is 0.224 e. The molecule has 0 unspecified atom stereocenters. The van der Waals surface area contributed by atoms with Crippen molar-refractivity contribution in [2.24, 2.45) is 0 Å². The summed E-state index contributed by atoms with van der Waals surface area (Å²) in [6.45, 7) is 8.45. The first-order valence-electron chi connectivity index (χ1n) is 9.45. The minimum Gasteiger partial charge on any atom is -0.339 e. The summed E-state index contributed by atoms with van der Waals surface area (Å²) in [5.41, 5.74) is 2.51. The number of hydrogen-bond donors (Lipinski definition) is 0. The van der Waals surface area contributed by atoms with Crippen LogP contribution in [-0.4, -0.2) is 35.3 Å². The number of rotatable bonds is 5. The fraction of sp³-hybridized carbons (Fsp3) is 0.348. The maximum atomic E-state index is 12.9. The summed E-state index contributed by atoms with van der Waals surface area (Å²) in [5, 5.41) is 0. The molecule has 0 radical (unpaired) electrons. The van der Waals surface area contributed by atoms with Gasteiger partial charge in [0, 0.05) is 38.1 Å². The molecular formula is C23H28N2O. The summed E-state index contributed by atoms with van der Waals surface area (Å²) in [4.78, 5) is 17.3. The molecule has 0 saturated carbocycles. The monoisotopic (exact) mass is 348 g/mol. The van der Waals surface area contributed by atoms with Crippen molar-refractivity contribution in [3.05, 3.63) is 84.4 Å². The van der Waals surface area contributed by atoms with E-state index in [0.717, 1.165) is 19.5 Å². The first kappa shape index (κ1) is 18.4. The summed E-state index contributed by atoms with van der Waals surface area (Å²) >= 11 is 0. The van der Waals surface area contributed by atoms with E-state index in [1.807, 2.05) is 17.0 Å². The van der Waals surface area contributed by atoms with E-state index in [1.54, 1.807) is 0 Å². The van der Waals surface area contributed by atoms with Crippen LogP contribution in [0.1, 0.15) is 43.0 Å². The highest BCUT2D eigenvalue weighted by Gasteiger charge is 2.31. The van der Waals surface area contributed by atoms with Crippen LogP contribution < -0.4 is 0 Å². The minimum atomic E-state index is 0.0894. The van der Waals surface area contributed by atoms with Crippen LogP contribution in [0.25, 0.3) is 0 Å². The molecule has 1 saturated heterocycles. The molecule has 0 bridgehead atoms. The lowest BCUT2D eigenvalue weighted by atomic mass is 9.95. The lowest BCUT2D eigenvalue weighted by molar-refractivity contribution is -0.133. The third-order valence-corrected chi connectivity index (χ3v) is 5.28. The van der Waals surface area contributed by atoms with Crippen molar-refractivity contribution in [1.82, 2.24) is 9.80 Å². The Bertz CT molecular complexity index is 714. The van der Waals surface area contributed by atoms with Gasteiger partial charge in [0.15, 0.2) is 0 Å². The molecule has 0 N–H and O–H groups in total. The van der Waals surface area contributed by atoms with Crippen molar-refractivity contribution in [3.8, 4) is 0 Å². The number of hydrogen-bond acceptors (Lipinski definition) is 2. The lowest BCUT2D eigenvalue weighted by Crippen LogP contribution is -2.42. The number of carbonyl (C=O) groups is 1. The summed E-state index contributed by atoms with van der Waals surface area (Å²) < 4.78 is 0. The van der Waals surface area contributed by atoms with Crippen LogP contribution in [0.3, 0.4) is 0 Å². The van der Waals surface area contributed by atoms with Crippen LogP contribution in [-0.2, 0) is 4.79 Å². The normalized spacial score (nSPS) is 20.3. The molecule has 1 aliphatic rings. The van der Waals surface area contributed by atoms with Crippen molar-refractivity contribution in [3.63, 3.8) is 0 Å². The molecule has 136 valence electrons. The van der Waals surface area contributed by atoms with Gasteiger partial charge in [-0.15, -0.1) is 6.58 Å². The van der Waals surface area contributed by atoms with Gasteiger partial charge in [-0.25, -0.2) is 0 Å². The molecule has 3 nitrogen and oxygen atoms in total. The Balaban J connectivity index is 1.92. The van der Waals surface area contributed by atoms with E-state index < -0.39 is 0 Å². The SMILES string of the molecule is C=CCN1CCCN([C@H](C)c2ccccc2)[C@H](c2ccccc2)CC1=O. The first-order chi connectivity index (χ1) is 12.7. The van der Waals surface area contributed by atoms with Crippen LogP contribution in [0.4, 0.5) is 0 Å². The zero-order valence-electron chi connectivity index (χ0n) is 15.6. The van der Waals surface area contributed by atoms with Gasteiger partial charge in [0.25, 0.3) is 0 Å². The highest BCUT2D eigenvalue weighted by molar-refractivity contribution is 5.77. The van der Waals surface area contributed by atoms with E-state index in [-0.39, 0.29) is 18.0 Å². The fourth-order valence-corrected chi connectivity index (χ4v) is 3.86. The van der Waals surface area contributed by atoms with Gasteiger partial charge in [0.05, 0.1) is 0 Å². The molecule has 26 heavy (non-hydrogen) atoms. The van der Waals surface area contributed by atoms with Gasteiger partial charge in [-0.3, -0.25) is 9.69 Å². The predicted molar refractivity (Wildman–Crippen MR) is 107 cm³/mol. The van der Waals surface area contributed by atoms with Crippen molar-refractivity contribution >= 4 is 5.91 Å². The van der Waals surface area contributed by atoms with E-state index in [9.17, 15) is 4.79 Å². The molecule has 1 amide bonds. The maximum absolute atomic E-state index is 12.9. The molecular weight excluding hydrogens is 320 g/mol. The van der Waals surface area contributed by atoms with Crippen molar-refractivity contribution < 1.29 is 4.79 Å². The molecule has 2 aromatic carbocycles. The molecule has 0 spiro atoms. The third kappa shape index (κ3) is 4.23. The van der Waals surface area contributed by atoms with E-state index in [0.29, 0.717) is 13.0 Å². The van der Waals surface area contributed by atoms with Gasteiger partial charge in [0.2, 0.25) is 5.91 Å². The summed E-state index contributed by atoms with van der Waals surface area (Å²) in [7, 11) is 0. The lowest BCUT2D eigenvalue weighted by Gasteiger charge is -2.40.